The van der Waals surface area contributed by atoms with Gasteiger partial charge in [-0.2, -0.15) is 0 Å². The van der Waals surface area contributed by atoms with Crippen molar-refractivity contribution < 1.29 is 8.22 Å². The van der Waals surface area contributed by atoms with Crippen molar-refractivity contribution in [1.29, 1.82) is 0 Å². The lowest BCUT2D eigenvalue weighted by atomic mass is 9.86. The molecule has 0 aliphatic rings. The van der Waals surface area contributed by atoms with Gasteiger partial charge in [-0.15, -0.1) is 11.3 Å². The average Bonchev–Trinajstić information content (AvgIpc) is 3.81. The Labute approximate surface area is 388 Å². The number of pyridine rings is 2. The minimum Gasteiger partial charge on any atom is -0.254 e. The maximum Gasteiger partial charge on any atom is 0.0972 e. The van der Waals surface area contributed by atoms with Crippen LogP contribution < -0.4 is 0 Å². The zero-order chi connectivity index (χ0) is 48.1. The highest BCUT2D eigenvalue weighted by atomic mass is 32.1. The van der Waals surface area contributed by atoms with E-state index in [1.54, 1.807) is 23.6 Å². The van der Waals surface area contributed by atoms with Gasteiger partial charge < -0.3 is 0 Å². The average molecular weight is 849 g/mol. The third-order valence-electron chi connectivity index (χ3n) is 12.7. The number of nitrogens with zero attached hydrogens (tertiary/aromatic N) is 2. The van der Waals surface area contributed by atoms with Crippen molar-refractivity contribution >= 4 is 76.2 Å². The number of rotatable bonds is 6. The predicted octanol–water partition coefficient (Wildman–Crippen LogP) is 17.5. The highest BCUT2D eigenvalue weighted by Crippen LogP contribution is 2.55. The number of fused-ring (bicyclic) bond motifs is 7. The molecule has 0 amide bonds. The number of hydrogen-bond donors (Lipinski definition) is 0. The molecule has 0 aliphatic carbocycles. The second-order valence-corrected chi connectivity index (χ2v) is 17.4. The van der Waals surface area contributed by atoms with Gasteiger partial charge in [0.1, 0.15) is 0 Å². The van der Waals surface area contributed by atoms with Gasteiger partial charge in [-0.25, -0.2) is 4.98 Å². The van der Waals surface area contributed by atoms with E-state index in [0.717, 1.165) is 86.2 Å². The third-order valence-corrected chi connectivity index (χ3v) is 13.9. The van der Waals surface area contributed by atoms with Gasteiger partial charge in [-0.05, 0) is 89.1 Å². The molecule has 0 saturated heterocycles. The molecule has 0 fully saturated rings. The lowest BCUT2D eigenvalue weighted by molar-refractivity contribution is 1.37. The summed E-state index contributed by atoms with van der Waals surface area (Å²) in [5.74, 6) is 0. The van der Waals surface area contributed by atoms with Crippen molar-refractivity contribution in [2.45, 2.75) is 0 Å². The van der Waals surface area contributed by atoms with E-state index < -0.39 is 12.1 Å². The van der Waals surface area contributed by atoms with Crippen LogP contribution in [0.5, 0.6) is 0 Å². The van der Waals surface area contributed by atoms with Gasteiger partial charge >= 0.3 is 0 Å². The van der Waals surface area contributed by atoms with Crippen LogP contribution in [-0.4, -0.2) is 9.97 Å². The van der Waals surface area contributed by atoms with Gasteiger partial charge in [0.25, 0.3) is 0 Å². The fourth-order valence-electron chi connectivity index (χ4n) is 9.67. The Hall–Kier alpha value is -8.24. The summed E-state index contributed by atoms with van der Waals surface area (Å²) < 4.78 is 56.5. The first kappa shape index (κ1) is 31.6. The van der Waals surface area contributed by atoms with Crippen LogP contribution in [0.1, 0.15) is 8.22 Å². The molecule has 3 aromatic heterocycles. The zero-order valence-electron chi connectivity index (χ0n) is 40.8. The van der Waals surface area contributed by atoms with E-state index in [2.05, 4.69) is 138 Å². The summed E-state index contributed by atoms with van der Waals surface area (Å²) in [6.07, 6.45) is 1.71. The molecule has 0 unspecified atom stereocenters. The second-order valence-electron chi connectivity index (χ2n) is 16.3. The van der Waals surface area contributed by atoms with Gasteiger partial charge in [-0.3, -0.25) is 4.98 Å². The van der Waals surface area contributed by atoms with E-state index >= 15 is 0 Å². The molecule has 10 aromatic carbocycles. The van der Waals surface area contributed by atoms with E-state index in [4.69, 9.17) is 7.73 Å². The van der Waals surface area contributed by atoms with Crippen molar-refractivity contribution in [3.05, 3.63) is 231 Å². The van der Waals surface area contributed by atoms with Gasteiger partial charge in [0.2, 0.25) is 0 Å². The zero-order valence-corrected chi connectivity index (χ0v) is 35.6. The Kier molecular flexibility index (Phi) is 7.40. The van der Waals surface area contributed by atoms with Gasteiger partial charge in [0.05, 0.1) is 25.0 Å². The molecule has 13 rings (SSSR count). The summed E-state index contributed by atoms with van der Waals surface area (Å²) in [5.41, 5.74) is 8.87. The third kappa shape index (κ3) is 6.16. The monoisotopic (exact) mass is 848 g/mol. The lowest BCUT2D eigenvalue weighted by Crippen LogP contribution is -1.91. The minimum atomic E-state index is -0.422. The molecule has 0 aliphatic heterocycles. The fourth-order valence-corrected chi connectivity index (χ4v) is 11.0. The maximum absolute atomic E-state index is 9.87. The molecule has 2 nitrogen and oxygen atoms in total. The first-order valence-corrected chi connectivity index (χ1v) is 22.5. The lowest BCUT2D eigenvalue weighted by Gasteiger charge is -2.16. The molecular formula is C62H38N2S. The van der Waals surface area contributed by atoms with Crippen LogP contribution >= 0.6 is 11.3 Å². The van der Waals surface area contributed by atoms with E-state index in [1.165, 1.54) is 0 Å². The molecule has 0 N–H and O–H groups in total. The summed E-state index contributed by atoms with van der Waals surface area (Å²) in [4.78, 5) is 11.8. The standard InChI is InChI=1S/C62H38N2S/c1-4-23-46-39(14-1)17-10-28-53(46)57-58(54-29-11-18-40-15-2-5-24-47(40)54)62(55-30-12-19-41-16-3-6-25-48(41)55)65-61(57)45-21-9-20-44(38-45)49-34-35-52(51-27-8-7-26-50(49)51)56-36-33-43-32-31-42-22-13-37-63-59(42)60(43)64-56/h1-38H/i7D,8D,26D,27D,34D,35D. The van der Waals surface area contributed by atoms with Gasteiger partial charge in [0.15, 0.2) is 0 Å². The first-order chi connectivity index (χ1) is 34.7. The SMILES string of the molecule is [2H]c1c([2H])c([2H])c2c(-c3ccc4ccc5cccnc5c4n3)c([2H])c([2H])c(-c3cccc(-c4sc(-c5cccc6ccccc56)c(-c5cccc6ccccc56)c4-c4cccc5ccccc45)c3)c2c1[2H]. The molecule has 0 atom stereocenters. The molecular weight excluding hydrogens is 805 g/mol. The van der Waals surface area contributed by atoms with Crippen molar-refractivity contribution in [3.8, 4) is 65.5 Å². The normalized spacial score (nSPS) is 13.0. The smallest absolute Gasteiger partial charge is 0.0972 e. The Morgan fingerprint density at radius 1 is 0.354 bits per heavy atom. The second kappa shape index (κ2) is 15.2. The molecule has 3 heteroatoms. The first-order valence-electron chi connectivity index (χ1n) is 24.6. The number of benzene rings is 10. The maximum atomic E-state index is 9.87. The molecule has 13 aromatic rings. The number of hydrogen-bond acceptors (Lipinski definition) is 3. The van der Waals surface area contributed by atoms with E-state index in [-0.39, 0.29) is 46.1 Å². The summed E-state index contributed by atoms with van der Waals surface area (Å²) in [7, 11) is 0. The van der Waals surface area contributed by atoms with E-state index in [1.807, 2.05) is 48.5 Å². The summed E-state index contributed by atoms with van der Waals surface area (Å²) >= 11 is 1.72. The van der Waals surface area contributed by atoms with Crippen LogP contribution in [0.15, 0.2) is 231 Å². The molecule has 0 spiro atoms. The van der Waals surface area contributed by atoms with Crippen molar-refractivity contribution in [1.82, 2.24) is 9.97 Å². The summed E-state index contributed by atoms with van der Waals surface area (Å²) in [6, 6.07) is 62.5. The largest absolute Gasteiger partial charge is 0.254 e. The highest BCUT2D eigenvalue weighted by Gasteiger charge is 2.27. The Morgan fingerprint density at radius 2 is 0.862 bits per heavy atom. The van der Waals surface area contributed by atoms with Gasteiger partial charge in [0, 0.05) is 49.0 Å². The van der Waals surface area contributed by atoms with Crippen LogP contribution in [0.2, 0.25) is 0 Å². The molecule has 65 heavy (non-hydrogen) atoms. The topological polar surface area (TPSA) is 25.8 Å². The Morgan fingerprint density at radius 3 is 1.55 bits per heavy atom. The summed E-state index contributed by atoms with van der Waals surface area (Å²) in [6.45, 7) is 0. The van der Waals surface area contributed by atoms with Crippen LogP contribution in [-0.2, 0) is 0 Å². The van der Waals surface area contributed by atoms with Gasteiger partial charge in [-0.1, -0.05) is 206 Å². The minimum absolute atomic E-state index is 0.140. The predicted molar refractivity (Wildman–Crippen MR) is 278 cm³/mol. The van der Waals surface area contributed by atoms with Crippen LogP contribution in [0, 0.1) is 0 Å². The molecule has 3 heterocycles. The molecule has 0 bridgehead atoms. The van der Waals surface area contributed by atoms with Crippen molar-refractivity contribution in [2.75, 3.05) is 0 Å². The summed E-state index contributed by atoms with van der Waals surface area (Å²) in [5, 5.41) is 8.77. The quantitative estimate of drug-likeness (QED) is 0.156. The Balaban J connectivity index is 1.12. The molecule has 302 valence electrons. The Bertz CT molecular complexity index is 4380. The number of thiophene rings is 1. The van der Waals surface area contributed by atoms with Crippen LogP contribution in [0.25, 0.3) is 130 Å². The molecule has 0 radical (unpaired) electrons. The van der Waals surface area contributed by atoms with E-state index in [0.29, 0.717) is 22.3 Å². The van der Waals surface area contributed by atoms with Crippen molar-refractivity contribution in [3.63, 3.8) is 0 Å². The van der Waals surface area contributed by atoms with Crippen LogP contribution in [0.3, 0.4) is 0 Å². The van der Waals surface area contributed by atoms with Crippen molar-refractivity contribution in [2.24, 2.45) is 0 Å². The number of aromatic nitrogens is 2. The van der Waals surface area contributed by atoms with E-state index in [9.17, 15) is 5.48 Å². The highest BCUT2D eigenvalue weighted by molar-refractivity contribution is 7.20. The fraction of sp³-hybridized carbons (Fsp3) is 0. The molecule has 0 saturated carbocycles. The van der Waals surface area contributed by atoms with Crippen LogP contribution in [0.4, 0.5) is 0 Å².